The molecule has 2 aliphatic heterocycles. The fourth-order valence-electron chi connectivity index (χ4n) is 3.85. The molecule has 2 saturated heterocycles. The fraction of sp³-hybridized carbons (Fsp3) is 0.350. The molecule has 25 heavy (non-hydrogen) atoms. The van der Waals surface area contributed by atoms with Gasteiger partial charge >= 0.3 is 0 Å². The van der Waals surface area contributed by atoms with Crippen molar-refractivity contribution in [1.82, 2.24) is 9.80 Å². The standard InChI is InChI=1S/C20H21FN2O2/c21-18-9-5-4-8-17(18)20(15-6-2-1-3-7-15)22-12-16-14-25-11-10-23(16)19(24)13-22/h1-9,16,20H,10-14H2. The summed E-state index contributed by atoms with van der Waals surface area (Å²) in [5, 5.41) is 0. The highest BCUT2D eigenvalue weighted by Gasteiger charge is 2.38. The second-order valence-electron chi connectivity index (χ2n) is 6.58. The molecular formula is C20H21FN2O2. The molecule has 0 radical (unpaired) electrons. The molecule has 1 amide bonds. The number of halogens is 1. The van der Waals surface area contributed by atoms with E-state index in [0.29, 0.717) is 38.4 Å². The number of hydrogen-bond acceptors (Lipinski definition) is 3. The number of ether oxygens (including phenoxy) is 1. The van der Waals surface area contributed by atoms with Gasteiger partial charge in [-0.3, -0.25) is 9.69 Å². The molecule has 130 valence electrons. The average Bonchev–Trinajstić information content (AvgIpc) is 2.65. The van der Waals surface area contributed by atoms with Crippen LogP contribution in [0, 0.1) is 5.82 Å². The molecule has 2 unspecified atom stereocenters. The normalized spacial score (nSPS) is 22.5. The van der Waals surface area contributed by atoms with E-state index in [2.05, 4.69) is 4.90 Å². The molecule has 2 aromatic rings. The molecule has 2 aliphatic rings. The van der Waals surface area contributed by atoms with Gasteiger partial charge in [-0.05, 0) is 11.6 Å². The van der Waals surface area contributed by atoms with Crippen molar-refractivity contribution >= 4 is 5.91 Å². The van der Waals surface area contributed by atoms with Crippen molar-refractivity contribution < 1.29 is 13.9 Å². The summed E-state index contributed by atoms with van der Waals surface area (Å²) in [6, 6.07) is 16.4. The number of carbonyl (C=O) groups is 1. The van der Waals surface area contributed by atoms with Gasteiger partial charge in [0.1, 0.15) is 5.82 Å². The Morgan fingerprint density at radius 3 is 2.64 bits per heavy atom. The lowest BCUT2D eigenvalue weighted by atomic mass is 9.95. The van der Waals surface area contributed by atoms with E-state index in [4.69, 9.17) is 4.74 Å². The summed E-state index contributed by atoms with van der Waals surface area (Å²) in [5.74, 6) is -0.150. The van der Waals surface area contributed by atoms with Crippen molar-refractivity contribution in [3.63, 3.8) is 0 Å². The second-order valence-corrected chi connectivity index (χ2v) is 6.58. The topological polar surface area (TPSA) is 32.8 Å². The number of hydrogen-bond donors (Lipinski definition) is 0. The van der Waals surface area contributed by atoms with Crippen LogP contribution in [0.15, 0.2) is 54.6 Å². The average molecular weight is 340 g/mol. The summed E-state index contributed by atoms with van der Waals surface area (Å²) in [6.07, 6.45) is 0. The summed E-state index contributed by atoms with van der Waals surface area (Å²) in [4.78, 5) is 16.6. The highest BCUT2D eigenvalue weighted by Crippen LogP contribution is 2.32. The van der Waals surface area contributed by atoms with Gasteiger partial charge in [-0.2, -0.15) is 0 Å². The van der Waals surface area contributed by atoms with Crippen molar-refractivity contribution in [2.75, 3.05) is 32.8 Å². The molecule has 2 aromatic carbocycles. The Morgan fingerprint density at radius 1 is 1.08 bits per heavy atom. The molecule has 5 heteroatoms. The van der Waals surface area contributed by atoms with Crippen LogP contribution >= 0.6 is 0 Å². The highest BCUT2D eigenvalue weighted by atomic mass is 19.1. The van der Waals surface area contributed by atoms with Gasteiger partial charge in [0, 0.05) is 18.7 Å². The molecule has 4 rings (SSSR count). The number of fused-ring (bicyclic) bond motifs is 1. The lowest BCUT2D eigenvalue weighted by Crippen LogP contribution is -2.61. The number of rotatable bonds is 3. The SMILES string of the molecule is O=C1CN(C(c2ccccc2)c2ccccc2F)CC2COCCN12. The Kier molecular flexibility index (Phi) is 4.51. The number of amides is 1. The zero-order valence-electron chi connectivity index (χ0n) is 14.0. The quantitative estimate of drug-likeness (QED) is 0.860. The zero-order chi connectivity index (χ0) is 17.2. The monoisotopic (exact) mass is 340 g/mol. The van der Waals surface area contributed by atoms with Gasteiger partial charge in [-0.1, -0.05) is 48.5 Å². The van der Waals surface area contributed by atoms with Crippen molar-refractivity contribution in [3.05, 3.63) is 71.5 Å². The largest absolute Gasteiger partial charge is 0.377 e. The predicted molar refractivity (Wildman–Crippen MR) is 92.6 cm³/mol. The Morgan fingerprint density at radius 2 is 1.84 bits per heavy atom. The van der Waals surface area contributed by atoms with Crippen LogP contribution in [0.3, 0.4) is 0 Å². The van der Waals surface area contributed by atoms with E-state index in [1.165, 1.54) is 6.07 Å². The second kappa shape index (κ2) is 6.94. The molecule has 0 aliphatic carbocycles. The van der Waals surface area contributed by atoms with Gasteiger partial charge in [-0.15, -0.1) is 0 Å². The first-order valence-corrected chi connectivity index (χ1v) is 8.64. The molecule has 2 heterocycles. The predicted octanol–water partition coefficient (Wildman–Crippen LogP) is 2.46. The molecule has 2 atom stereocenters. The molecular weight excluding hydrogens is 319 g/mol. The number of benzene rings is 2. The van der Waals surface area contributed by atoms with E-state index >= 15 is 0 Å². The van der Waals surface area contributed by atoms with Crippen molar-refractivity contribution in [2.24, 2.45) is 0 Å². The minimum Gasteiger partial charge on any atom is -0.377 e. The van der Waals surface area contributed by atoms with E-state index in [1.807, 2.05) is 41.3 Å². The summed E-state index contributed by atoms with van der Waals surface area (Å²) in [5.41, 5.74) is 1.59. The van der Waals surface area contributed by atoms with E-state index in [-0.39, 0.29) is 23.8 Å². The van der Waals surface area contributed by atoms with Gasteiger partial charge < -0.3 is 9.64 Å². The maximum atomic E-state index is 14.6. The van der Waals surface area contributed by atoms with Gasteiger partial charge in [0.2, 0.25) is 5.91 Å². The minimum absolute atomic E-state index is 0.0352. The summed E-state index contributed by atoms with van der Waals surface area (Å²) in [7, 11) is 0. The Bertz CT molecular complexity index is 752. The maximum Gasteiger partial charge on any atom is 0.237 e. The first-order chi connectivity index (χ1) is 12.2. The van der Waals surface area contributed by atoms with Gasteiger partial charge in [0.05, 0.1) is 31.8 Å². The van der Waals surface area contributed by atoms with E-state index in [0.717, 1.165) is 5.56 Å². The van der Waals surface area contributed by atoms with Gasteiger partial charge in [0.15, 0.2) is 0 Å². The molecule has 0 spiro atoms. The zero-order valence-corrected chi connectivity index (χ0v) is 14.0. The number of carbonyl (C=O) groups excluding carboxylic acids is 1. The van der Waals surface area contributed by atoms with Crippen LogP contribution in [0.4, 0.5) is 4.39 Å². The molecule has 0 N–H and O–H groups in total. The summed E-state index contributed by atoms with van der Waals surface area (Å²) in [6.45, 7) is 2.76. The van der Waals surface area contributed by atoms with Gasteiger partial charge in [-0.25, -0.2) is 4.39 Å². The first-order valence-electron chi connectivity index (χ1n) is 8.64. The molecule has 0 saturated carbocycles. The smallest absolute Gasteiger partial charge is 0.237 e. The van der Waals surface area contributed by atoms with Crippen LogP contribution in [-0.2, 0) is 9.53 Å². The third-order valence-electron chi connectivity index (χ3n) is 5.01. The molecule has 0 bridgehead atoms. The van der Waals surface area contributed by atoms with E-state index < -0.39 is 0 Å². The van der Waals surface area contributed by atoms with Crippen molar-refractivity contribution in [2.45, 2.75) is 12.1 Å². The van der Waals surface area contributed by atoms with Crippen LogP contribution in [0.5, 0.6) is 0 Å². The summed E-state index contributed by atoms with van der Waals surface area (Å²) < 4.78 is 20.1. The van der Waals surface area contributed by atoms with Crippen LogP contribution in [0.2, 0.25) is 0 Å². The van der Waals surface area contributed by atoms with Crippen LogP contribution < -0.4 is 0 Å². The van der Waals surface area contributed by atoms with Crippen LogP contribution in [0.25, 0.3) is 0 Å². The van der Waals surface area contributed by atoms with Crippen LogP contribution in [-0.4, -0.2) is 54.6 Å². The van der Waals surface area contributed by atoms with E-state index in [9.17, 15) is 9.18 Å². The van der Waals surface area contributed by atoms with Crippen molar-refractivity contribution in [3.8, 4) is 0 Å². The van der Waals surface area contributed by atoms with Crippen LogP contribution in [0.1, 0.15) is 17.2 Å². The molecule has 4 nitrogen and oxygen atoms in total. The Hall–Kier alpha value is -2.24. The van der Waals surface area contributed by atoms with Crippen molar-refractivity contribution in [1.29, 1.82) is 0 Å². The van der Waals surface area contributed by atoms with E-state index in [1.54, 1.807) is 12.1 Å². The number of morpholine rings is 1. The summed E-state index contributed by atoms with van der Waals surface area (Å²) >= 11 is 0. The third kappa shape index (κ3) is 3.17. The lowest BCUT2D eigenvalue weighted by molar-refractivity contribution is -0.149. The molecule has 0 aromatic heterocycles. The third-order valence-corrected chi connectivity index (χ3v) is 5.01. The van der Waals surface area contributed by atoms with Gasteiger partial charge in [0.25, 0.3) is 0 Å². The minimum atomic E-state index is -0.282. The number of piperazine rings is 1. The lowest BCUT2D eigenvalue weighted by Gasteiger charge is -2.46. The Balaban J connectivity index is 1.71. The maximum absolute atomic E-state index is 14.6. The highest BCUT2D eigenvalue weighted by molar-refractivity contribution is 5.79. The number of nitrogens with zero attached hydrogens (tertiary/aromatic N) is 2. The Labute approximate surface area is 146 Å². The fourth-order valence-corrected chi connectivity index (χ4v) is 3.85. The first kappa shape index (κ1) is 16.2. The molecule has 2 fully saturated rings.